The molecule has 0 fully saturated rings. The molecule has 0 saturated heterocycles. The van der Waals surface area contributed by atoms with E-state index in [0.29, 0.717) is 23.4 Å². The topological polar surface area (TPSA) is 202 Å². The summed E-state index contributed by atoms with van der Waals surface area (Å²) in [4.78, 5) is 62.1. The second-order valence-electron chi connectivity index (χ2n) is 12.5. The zero-order valence-corrected chi connectivity index (χ0v) is 31.7. The van der Waals surface area contributed by atoms with Crippen LogP contribution in [0.4, 0.5) is 8.78 Å². The number of hydrogen-bond donors (Lipinski definition) is 3. The number of carboxylic acid groups (broad SMARTS) is 1. The van der Waals surface area contributed by atoms with Crippen LogP contribution in [-0.4, -0.2) is 99.4 Å². The number of carbonyl (C=O) groups is 5. The summed E-state index contributed by atoms with van der Waals surface area (Å²) in [6.07, 6.45) is -1.21. The molecule has 1 aliphatic heterocycles. The van der Waals surface area contributed by atoms with E-state index in [4.69, 9.17) is 39.3 Å². The third-order valence-electron chi connectivity index (χ3n) is 8.39. The van der Waals surface area contributed by atoms with Crippen LogP contribution in [0.5, 0.6) is 23.0 Å². The van der Waals surface area contributed by atoms with Crippen LogP contribution in [-0.2, 0) is 41.7 Å². The van der Waals surface area contributed by atoms with E-state index in [1.807, 2.05) is 0 Å². The number of ketones is 1. The Bertz CT molecular complexity index is 1870. The summed E-state index contributed by atoms with van der Waals surface area (Å²) < 4.78 is 64.3. The van der Waals surface area contributed by atoms with Gasteiger partial charge in [0.1, 0.15) is 6.10 Å². The van der Waals surface area contributed by atoms with E-state index in [-0.39, 0.29) is 128 Å². The summed E-state index contributed by atoms with van der Waals surface area (Å²) in [5.74, 6) is -4.37. The van der Waals surface area contributed by atoms with Gasteiger partial charge in [0.15, 0.2) is 40.4 Å². The average molecular weight is 794 g/mol. The number of esters is 1. The van der Waals surface area contributed by atoms with Gasteiger partial charge in [-0.05, 0) is 24.6 Å². The largest absolute Gasteiger partial charge is 0.493 e. The Morgan fingerprint density at radius 2 is 1.58 bits per heavy atom. The van der Waals surface area contributed by atoms with Crippen LogP contribution >= 0.6 is 11.3 Å². The fraction of sp³-hybridized carbons (Fsp3) is 0.486. The van der Waals surface area contributed by atoms with Gasteiger partial charge in [0.25, 0.3) is 0 Å². The monoisotopic (exact) mass is 793 g/mol. The molecule has 0 spiro atoms. The average Bonchev–Trinajstić information content (AvgIpc) is 3.80. The van der Waals surface area contributed by atoms with Crippen LogP contribution in [0, 0.1) is 11.6 Å². The normalized spacial score (nSPS) is 12.6. The lowest BCUT2D eigenvalue weighted by Gasteiger charge is -2.15. The summed E-state index contributed by atoms with van der Waals surface area (Å²) in [5, 5.41) is 11.6. The summed E-state index contributed by atoms with van der Waals surface area (Å²) >= 11 is 1.04. The van der Waals surface area contributed by atoms with Crippen molar-refractivity contribution in [3.05, 3.63) is 45.8 Å². The first kappa shape index (κ1) is 42.7. The van der Waals surface area contributed by atoms with Gasteiger partial charge in [-0.3, -0.25) is 24.0 Å². The van der Waals surface area contributed by atoms with E-state index in [1.54, 1.807) is 19.1 Å². The molecule has 0 bridgehead atoms. The molecule has 55 heavy (non-hydrogen) atoms. The number of carbonyl (C=O) groups excluding carboxylic acids is 4. The number of thiophene rings is 1. The Hall–Kier alpha value is -5.07. The molecule has 0 saturated carbocycles. The zero-order chi connectivity index (χ0) is 40.1. The number of nitrogens with one attached hydrogen (secondary N) is 1. The highest BCUT2D eigenvalue weighted by atomic mass is 32.1. The number of fused-ring (bicyclic) bond motifs is 2. The Labute approximate surface area is 319 Å². The lowest BCUT2D eigenvalue weighted by atomic mass is 10.1. The number of aliphatic carboxylic acids is 1. The minimum absolute atomic E-state index is 0.0393. The molecule has 3 aromatic rings. The number of rotatable bonds is 23. The molecule has 1 aromatic heterocycles. The second kappa shape index (κ2) is 20.6. The van der Waals surface area contributed by atoms with Crippen LogP contribution in [0.15, 0.2) is 18.2 Å². The van der Waals surface area contributed by atoms with Crippen molar-refractivity contribution >= 4 is 51.0 Å². The molecule has 2 aromatic carbocycles. The first-order chi connectivity index (χ1) is 26.4. The van der Waals surface area contributed by atoms with Gasteiger partial charge >= 0.3 is 11.9 Å². The molecule has 1 aliphatic rings. The quantitative estimate of drug-likeness (QED) is 0.0704. The fourth-order valence-electron chi connectivity index (χ4n) is 5.59. The molecule has 1 unspecified atom stereocenters. The molecule has 15 nitrogen and oxygen atoms in total. The molecule has 0 aliphatic carbocycles. The van der Waals surface area contributed by atoms with Crippen molar-refractivity contribution in [1.82, 2.24) is 10.2 Å². The molecule has 18 heteroatoms. The SMILES string of the molecule is COc1cc2c(c(F)c1OCCCOc1c(OC)cc3sc(C(=O)CCC(=O)OC(C)CNC(=O)CCOCCN)cc3c1F)CN(C(=O)CCC(=O)O)C2. The Morgan fingerprint density at radius 3 is 2.25 bits per heavy atom. The highest BCUT2D eigenvalue weighted by Crippen LogP contribution is 2.41. The predicted octanol–water partition coefficient (Wildman–Crippen LogP) is 4.13. The smallest absolute Gasteiger partial charge is 0.306 e. The number of nitrogens with two attached hydrogens (primary N) is 1. The van der Waals surface area contributed by atoms with Crippen LogP contribution < -0.4 is 30.0 Å². The van der Waals surface area contributed by atoms with Gasteiger partial charge in [0.05, 0.1) is 64.9 Å². The van der Waals surface area contributed by atoms with Crippen molar-refractivity contribution in [1.29, 1.82) is 0 Å². The van der Waals surface area contributed by atoms with E-state index in [0.717, 1.165) is 11.3 Å². The fourth-order valence-corrected chi connectivity index (χ4v) is 6.64. The first-order valence-corrected chi connectivity index (χ1v) is 18.4. The van der Waals surface area contributed by atoms with Crippen LogP contribution in [0.3, 0.4) is 0 Å². The number of halogens is 2. The molecular formula is C37H45F2N3O12S. The van der Waals surface area contributed by atoms with Gasteiger partial charge in [-0.15, -0.1) is 11.3 Å². The van der Waals surface area contributed by atoms with Crippen molar-refractivity contribution in [2.45, 2.75) is 64.6 Å². The van der Waals surface area contributed by atoms with Crippen molar-refractivity contribution < 1.29 is 66.3 Å². The van der Waals surface area contributed by atoms with Crippen molar-refractivity contribution in [2.24, 2.45) is 5.73 Å². The predicted molar refractivity (Wildman–Crippen MR) is 195 cm³/mol. The molecule has 4 N–H and O–H groups in total. The van der Waals surface area contributed by atoms with E-state index in [1.165, 1.54) is 25.2 Å². The highest BCUT2D eigenvalue weighted by molar-refractivity contribution is 7.20. The Balaban J connectivity index is 1.28. The van der Waals surface area contributed by atoms with Gasteiger partial charge < -0.3 is 49.5 Å². The van der Waals surface area contributed by atoms with Crippen LogP contribution in [0.2, 0.25) is 0 Å². The number of hydrogen-bond acceptors (Lipinski definition) is 13. The number of nitrogens with zero attached hydrogens (tertiary/aromatic N) is 1. The second-order valence-corrected chi connectivity index (χ2v) is 13.6. The highest BCUT2D eigenvalue weighted by Gasteiger charge is 2.30. The van der Waals surface area contributed by atoms with Crippen molar-refractivity contribution in [3.63, 3.8) is 0 Å². The van der Waals surface area contributed by atoms with Gasteiger partial charge in [-0.1, -0.05) is 0 Å². The third kappa shape index (κ3) is 11.7. The lowest BCUT2D eigenvalue weighted by Crippen LogP contribution is -2.33. The maximum absolute atomic E-state index is 15.7. The molecule has 4 rings (SSSR count). The maximum atomic E-state index is 15.7. The number of carboxylic acids is 1. The number of ether oxygens (including phenoxy) is 6. The lowest BCUT2D eigenvalue weighted by molar-refractivity contribution is -0.148. The number of amides is 2. The standard InChI is InChI=1S/C37H45F2N3O12S/c1-21(18-41-30(44)9-13-51-14-10-40)54-33(48)8-5-25(43)29-16-23-28(55-29)17-27(50-3)37(34(23)38)53-12-4-11-52-36-26(49-2)15-22-19-42(20-24(22)35(36)39)31(45)6-7-32(46)47/h15-17,21H,4-14,18-20,40H2,1-3H3,(H,41,44)(H,46,47). The summed E-state index contributed by atoms with van der Waals surface area (Å²) in [6, 6.07) is 4.50. The third-order valence-corrected chi connectivity index (χ3v) is 9.51. The first-order valence-electron chi connectivity index (χ1n) is 17.6. The maximum Gasteiger partial charge on any atom is 0.306 e. The minimum Gasteiger partial charge on any atom is -0.493 e. The van der Waals surface area contributed by atoms with E-state index >= 15 is 8.78 Å². The van der Waals surface area contributed by atoms with Gasteiger partial charge in [-0.25, -0.2) is 8.78 Å². The van der Waals surface area contributed by atoms with E-state index in [2.05, 4.69) is 5.32 Å². The zero-order valence-electron chi connectivity index (χ0n) is 30.8. The Morgan fingerprint density at radius 1 is 0.891 bits per heavy atom. The number of Topliss-reactive ketones (excluding diaryl/α,β-unsaturated/α-hetero) is 1. The molecule has 2 heterocycles. The van der Waals surface area contributed by atoms with E-state index in [9.17, 15) is 24.0 Å². The van der Waals surface area contributed by atoms with Crippen LogP contribution in [0.1, 0.15) is 66.2 Å². The number of methoxy groups -OCH3 is 2. The molecule has 300 valence electrons. The minimum atomic E-state index is -1.10. The van der Waals surface area contributed by atoms with Gasteiger partial charge in [0.2, 0.25) is 11.8 Å². The van der Waals surface area contributed by atoms with Crippen molar-refractivity contribution in [2.75, 3.05) is 53.7 Å². The summed E-state index contributed by atoms with van der Waals surface area (Å²) in [7, 11) is 2.69. The molecular weight excluding hydrogens is 748 g/mol. The molecule has 1 atom stereocenters. The summed E-state index contributed by atoms with van der Waals surface area (Å²) in [5.41, 5.74) is 6.10. The van der Waals surface area contributed by atoms with Gasteiger partial charge in [0, 0.05) is 67.0 Å². The summed E-state index contributed by atoms with van der Waals surface area (Å²) in [6.45, 7) is 2.61. The number of benzene rings is 2. The molecule has 2 amide bonds. The van der Waals surface area contributed by atoms with Crippen molar-refractivity contribution in [3.8, 4) is 23.0 Å². The van der Waals surface area contributed by atoms with E-state index < -0.39 is 35.6 Å². The Kier molecular flexibility index (Phi) is 16.0. The van der Waals surface area contributed by atoms with Crippen LogP contribution in [0.25, 0.3) is 10.1 Å². The van der Waals surface area contributed by atoms with Gasteiger partial charge in [-0.2, -0.15) is 0 Å². The molecule has 0 radical (unpaired) electrons.